The summed E-state index contributed by atoms with van der Waals surface area (Å²) < 4.78 is 5.30. The third-order valence-electron chi connectivity index (χ3n) is 4.24. The van der Waals surface area contributed by atoms with E-state index in [0.29, 0.717) is 18.3 Å². The Hall–Kier alpha value is -1.59. The van der Waals surface area contributed by atoms with Crippen LogP contribution in [0.15, 0.2) is 4.52 Å². The maximum Gasteiger partial charge on any atom is 0.303 e. The lowest BCUT2D eigenvalue weighted by molar-refractivity contribution is -0.140. The van der Waals surface area contributed by atoms with Gasteiger partial charge in [0.15, 0.2) is 0 Å². The van der Waals surface area contributed by atoms with E-state index in [-0.39, 0.29) is 11.8 Å². The summed E-state index contributed by atoms with van der Waals surface area (Å²) in [7, 11) is 1.91. The molecule has 0 bridgehead atoms. The molecule has 0 aromatic carbocycles. The van der Waals surface area contributed by atoms with Crippen molar-refractivity contribution < 1.29 is 14.4 Å². The predicted molar refractivity (Wildman–Crippen MR) is 74.7 cm³/mol. The number of nitrogens with zero attached hydrogens (tertiary/aromatic N) is 3. The number of carbonyl (C=O) groups is 1. The van der Waals surface area contributed by atoms with E-state index in [9.17, 15) is 4.79 Å². The van der Waals surface area contributed by atoms with Crippen molar-refractivity contribution in [2.45, 2.75) is 51.9 Å². The number of aliphatic carboxylic acids is 1. The van der Waals surface area contributed by atoms with E-state index >= 15 is 0 Å². The Bertz CT molecular complexity index is 452. The van der Waals surface area contributed by atoms with Crippen molar-refractivity contribution in [3.05, 3.63) is 5.89 Å². The highest BCUT2D eigenvalue weighted by Gasteiger charge is 2.36. The predicted octanol–water partition coefficient (Wildman–Crippen LogP) is 2.49. The fraction of sp³-hybridized carbons (Fsp3) is 0.786. The normalized spacial score (nSPS) is 17.9. The van der Waals surface area contributed by atoms with Gasteiger partial charge in [-0.15, -0.1) is 0 Å². The highest BCUT2D eigenvalue weighted by atomic mass is 16.5. The third kappa shape index (κ3) is 3.49. The Balaban J connectivity index is 2.11. The monoisotopic (exact) mass is 281 g/mol. The third-order valence-corrected chi connectivity index (χ3v) is 4.24. The minimum Gasteiger partial charge on any atom is -0.481 e. The van der Waals surface area contributed by atoms with Crippen molar-refractivity contribution in [1.29, 1.82) is 0 Å². The van der Waals surface area contributed by atoms with Crippen molar-refractivity contribution in [1.82, 2.24) is 10.1 Å². The van der Waals surface area contributed by atoms with E-state index in [1.165, 1.54) is 6.42 Å². The standard InChI is InChI=1S/C14H23N3O3/c1-3-17(2)13-15-11(20-16-13)9-14(10-12(18)19)7-5-4-6-8-14/h3-10H2,1-2H3,(H,18,19). The van der Waals surface area contributed by atoms with Crippen LogP contribution in [0, 0.1) is 5.41 Å². The summed E-state index contributed by atoms with van der Waals surface area (Å²) in [6.45, 7) is 2.82. The van der Waals surface area contributed by atoms with Crippen molar-refractivity contribution in [2.75, 3.05) is 18.5 Å². The SMILES string of the molecule is CCN(C)c1noc(CC2(CC(=O)O)CCCCC2)n1. The van der Waals surface area contributed by atoms with Crippen LogP contribution in [-0.2, 0) is 11.2 Å². The van der Waals surface area contributed by atoms with E-state index in [0.717, 1.165) is 32.2 Å². The number of carboxylic acids is 1. The topological polar surface area (TPSA) is 79.5 Å². The Kier molecular flexibility index (Phi) is 4.62. The summed E-state index contributed by atoms with van der Waals surface area (Å²) in [6, 6.07) is 0. The molecule has 6 heteroatoms. The highest BCUT2D eigenvalue weighted by molar-refractivity contribution is 5.67. The van der Waals surface area contributed by atoms with Gasteiger partial charge in [0.25, 0.3) is 5.95 Å². The van der Waals surface area contributed by atoms with Crippen LogP contribution in [0.2, 0.25) is 0 Å². The maximum absolute atomic E-state index is 11.1. The van der Waals surface area contributed by atoms with E-state index in [1.54, 1.807) is 0 Å². The summed E-state index contributed by atoms with van der Waals surface area (Å²) >= 11 is 0. The van der Waals surface area contributed by atoms with Gasteiger partial charge in [-0.2, -0.15) is 4.98 Å². The first-order valence-corrected chi connectivity index (χ1v) is 7.30. The van der Waals surface area contributed by atoms with Crippen LogP contribution in [0.4, 0.5) is 5.95 Å². The minimum atomic E-state index is -0.739. The second-order valence-corrected chi connectivity index (χ2v) is 5.81. The first-order chi connectivity index (χ1) is 9.54. The molecule has 1 N–H and O–H groups in total. The molecule has 0 spiro atoms. The molecule has 0 radical (unpaired) electrons. The van der Waals surface area contributed by atoms with Crippen molar-refractivity contribution >= 4 is 11.9 Å². The fourth-order valence-corrected chi connectivity index (χ4v) is 2.97. The van der Waals surface area contributed by atoms with Gasteiger partial charge in [0.05, 0.1) is 6.42 Å². The van der Waals surface area contributed by atoms with Crippen molar-refractivity contribution in [3.63, 3.8) is 0 Å². The number of carboxylic acid groups (broad SMARTS) is 1. The lowest BCUT2D eigenvalue weighted by Crippen LogP contribution is -2.30. The van der Waals surface area contributed by atoms with Crippen LogP contribution in [0.5, 0.6) is 0 Å². The number of rotatable bonds is 6. The Labute approximate surface area is 119 Å². The number of hydrogen-bond acceptors (Lipinski definition) is 5. The molecule has 20 heavy (non-hydrogen) atoms. The first-order valence-electron chi connectivity index (χ1n) is 7.30. The molecule has 1 heterocycles. The van der Waals surface area contributed by atoms with Crippen LogP contribution in [0.1, 0.15) is 51.3 Å². The van der Waals surface area contributed by atoms with E-state index in [1.807, 2.05) is 18.9 Å². The molecule has 2 rings (SSSR count). The molecule has 0 aliphatic heterocycles. The lowest BCUT2D eigenvalue weighted by atomic mass is 9.69. The summed E-state index contributed by atoms with van der Waals surface area (Å²) in [5, 5.41) is 13.1. The molecular formula is C14H23N3O3. The van der Waals surface area contributed by atoms with Gasteiger partial charge in [-0.3, -0.25) is 4.79 Å². The summed E-state index contributed by atoms with van der Waals surface area (Å²) in [5.41, 5.74) is -0.210. The molecule has 1 saturated carbocycles. The maximum atomic E-state index is 11.1. The van der Waals surface area contributed by atoms with E-state index < -0.39 is 5.97 Å². The second-order valence-electron chi connectivity index (χ2n) is 5.81. The molecule has 1 fully saturated rings. The molecule has 6 nitrogen and oxygen atoms in total. The zero-order valence-corrected chi connectivity index (χ0v) is 12.3. The van der Waals surface area contributed by atoms with Gasteiger partial charge in [-0.25, -0.2) is 0 Å². The molecule has 112 valence electrons. The van der Waals surface area contributed by atoms with Crippen LogP contribution in [0.25, 0.3) is 0 Å². The molecule has 0 atom stereocenters. The van der Waals surface area contributed by atoms with Crippen LogP contribution < -0.4 is 4.90 Å². The smallest absolute Gasteiger partial charge is 0.303 e. The summed E-state index contributed by atoms with van der Waals surface area (Å²) in [4.78, 5) is 17.4. The number of hydrogen-bond donors (Lipinski definition) is 1. The average molecular weight is 281 g/mol. The van der Waals surface area contributed by atoms with Gasteiger partial charge in [0.1, 0.15) is 0 Å². The Morgan fingerprint density at radius 3 is 2.70 bits per heavy atom. The first kappa shape index (κ1) is 14.8. The quantitative estimate of drug-likeness (QED) is 0.863. The van der Waals surface area contributed by atoms with Crippen molar-refractivity contribution in [2.24, 2.45) is 5.41 Å². The van der Waals surface area contributed by atoms with Crippen molar-refractivity contribution in [3.8, 4) is 0 Å². The molecule has 1 aromatic heterocycles. The van der Waals surface area contributed by atoms with Crippen LogP contribution in [-0.4, -0.2) is 34.8 Å². The van der Waals surface area contributed by atoms with Gasteiger partial charge >= 0.3 is 5.97 Å². The zero-order valence-electron chi connectivity index (χ0n) is 12.3. The molecule has 0 amide bonds. The fourth-order valence-electron chi connectivity index (χ4n) is 2.97. The molecular weight excluding hydrogens is 258 g/mol. The molecule has 0 saturated heterocycles. The summed E-state index contributed by atoms with van der Waals surface area (Å²) in [6.07, 6.45) is 5.99. The van der Waals surface area contributed by atoms with Gasteiger partial charge in [-0.1, -0.05) is 19.3 Å². The minimum absolute atomic E-state index is 0.189. The molecule has 1 aliphatic rings. The number of anilines is 1. The van der Waals surface area contributed by atoms with Crippen LogP contribution >= 0.6 is 0 Å². The van der Waals surface area contributed by atoms with Gasteiger partial charge in [-0.05, 0) is 30.3 Å². The van der Waals surface area contributed by atoms with Gasteiger partial charge < -0.3 is 14.5 Å². The van der Waals surface area contributed by atoms with E-state index in [2.05, 4.69) is 10.1 Å². The zero-order chi connectivity index (χ0) is 14.6. The molecule has 1 aliphatic carbocycles. The van der Waals surface area contributed by atoms with Gasteiger partial charge in [0, 0.05) is 20.0 Å². The second kappa shape index (κ2) is 6.24. The largest absolute Gasteiger partial charge is 0.481 e. The van der Waals surface area contributed by atoms with Gasteiger partial charge in [0.2, 0.25) is 5.89 Å². The summed E-state index contributed by atoms with van der Waals surface area (Å²) in [5.74, 6) is 0.393. The van der Waals surface area contributed by atoms with E-state index in [4.69, 9.17) is 9.63 Å². The van der Waals surface area contributed by atoms with Crippen LogP contribution in [0.3, 0.4) is 0 Å². The average Bonchev–Trinajstić information content (AvgIpc) is 2.86. The Morgan fingerprint density at radius 2 is 2.10 bits per heavy atom. The highest BCUT2D eigenvalue weighted by Crippen LogP contribution is 2.42. The molecule has 1 aromatic rings. The number of aromatic nitrogens is 2. The lowest BCUT2D eigenvalue weighted by Gasteiger charge is -2.34. The Morgan fingerprint density at radius 1 is 1.40 bits per heavy atom. The molecule has 0 unspecified atom stereocenters.